The van der Waals surface area contributed by atoms with Crippen LogP contribution in [0.1, 0.15) is 207 Å². The second-order valence-corrected chi connectivity index (χ2v) is 17.0. The largest absolute Gasteiger partial charge is 0.462 e. The first kappa shape index (κ1) is 63.3. The Labute approximate surface area is 417 Å². The summed E-state index contributed by atoms with van der Waals surface area (Å²) in [4.78, 5) is 37.8. The Morgan fingerprint density at radius 3 is 0.897 bits per heavy atom. The summed E-state index contributed by atoms with van der Waals surface area (Å²) in [6.07, 6.45) is 78.6. The van der Waals surface area contributed by atoms with Crippen LogP contribution in [0.15, 0.2) is 146 Å². The molecule has 0 aliphatic carbocycles. The molecule has 0 saturated heterocycles. The number of unbranched alkanes of at least 4 members (excludes halogenated alkanes) is 11. The van der Waals surface area contributed by atoms with E-state index in [0.29, 0.717) is 19.3 Å². The van der Waals surface area contributed by atoms with Gasteiger partial charge < -0.3 is 14.2 Å². The zero-order valence-corrected chi connectivity index (χ0v) is 43.3. The second-order valence-electron chi connectivity index (χ2n) is 17.0. The molecule has 0 fully saturated rings. The van der Waals surface area contributed by atoms with Crippen LogP contribution in [0, 0.1) is 0 Å². The Kier molecular flexibility index (Phi) is 51.1. The van der Waals surface area contributed by atoms with Crippen molar-refractivity contribution in [1.82, 2.24) is 0 Å². The van der Waals surface area contributed by atoms with Crippen LogP contribution < -0.4 is 0 Å². The van der Waals surface area contributed by atoms with Gasteiger partial charge in [0.25, 0.3) is 0 Å². The van der Waals surface area contributed by atoms with Crippen LogP contribution in [-0.4, -0.2) is 37.2 Å². The van der Waals surface area contributed by atoms with E-state index in [0.717, 1.165) is 141 Å². The number of hydrogen-bond acceptors (Lipinski definition) is 6. The first-order valence-corrected chi connectivity index (χ1v) is 26.8. The van der Waals surface area contributed by atoms with Gasteiger partial charge in [0.2, 0.25) is 0 Å². The molecular formula is C62H96O6. The maximum absolute atomic E-state index is 12.8. The zero-order chi connectivity index (χ0) is 49.3. The Balaban J connectivity index is 4.36. The fourth-order valence-electron chi connectivity index (χ4n) is 6.62. The maximum atomic E-state index is 12.8. The molecule has 0 spiro atoms. The highest BCUT2D eigenvalue weighted by Crippen LogP contribution is 2.11. The van der Waals surface area contributed by atoms with E-state index in [1.807, 2.05) is 0 Å². The molecule has 0 N–H and O–H groups in total. The average Bonchev–Trinajstić information content (AvgIpc) is 3.34. The molecule has 0 rings (SSSR count). The molecule has 380 valence electrons. The molecule has 6 nitrogen and oxygen atoms in total. The molecule has 6 heteroatoms. The van der Waals surface area contributed by atoms with Crippen LogP contribution in [0.25, 0.3) is 0 Å². The fourth-order valence-corrected chi connectivity index (χ4v) is 6.62. The van der Waals surface area contributed by atoms with Gasteiger partial charge in [-0.25, -0.2) is 0 Å². The lowest BCUT2D eigenvalue weighted by atomic mass is 10.1. The van der Waals surface area contributed by atoms with Gasteiger partial charge >= 0.3 is 17.9 Å². The van der Waals surface area contributed by atoms with Crippen molar-refractivity contribution >= 4 is 17.9 Å². The summed E-state index contributed by atoms with van der Waals surface area (Å²) in [5.74, 6) is -0.996. The Hall–Kier alpha value is -4.71. The third kappa shape index (κ3) is 52.3. The number of ether oxygens (including phenoxy) is 3. The van der Waals surface area contributed by atoms with E-state index in [9.17, 15) is 14.4 Å². The van der Waals surface area contributed by atoms with E-state index in [-0.39, 0.29) is 37.5 Å². The third-order valence-corrected chi connectivity index (χ3v) is 10.6. The van der Waals surface area contributed by atoms with Crippen molar-refractivity contribution in [2.24, 2.45) is 0 Å². The third-order valence-electron chi connectivity index (χ3n) is 10.6. The standard InChI is InChI=1S/C62H96O6/c1-4-7-10-13-16-18-20-22-24-26-28-29-30-31-32-33-35-36-38-40-42-44-46-49-52-55-61(64)67-58-59(57-66-60(63)54-51-48-15-12-9-6-3)68-62(65)56-53-50-47-45-43-41-39-37-34-27-25-23-21-19-17-14-11-8-5-2/h7-8,10-11,16-19,22-25,28-29,31-32,34-37,40-43,59H,4-6,9,12-15,20-21,26-27,30,33,38-39,44-58H2,1-3H3/b10-7-,11-8-,18-16-,19-17-,24-22-,25-23-,29-28-,32-31-,36-35-,37-34-,42-40-,43-41-. The monoisotopic (exact) mass is 937 g/mol. The predicted octanol–water partition coefficient (Wildman–Crippen LogP) is 18.0. The van der Waals surface area contributed by atoms with E-state index in [1.165, 1.54) is 19.3 Å². The summed E-state index contributed by atoms with van der Waals surface area (Å²) in [7, 11) is 0. The van der Waals surface area contributed by atoms with Crippen molar-refractivity contribution < 1.29 is 28.6 Å². The normalized spacial score (nSPS) is 13.3. The summed E-state index contributed by atoms with van der Waals surface area (Å²) in [5, 5.41) is 0. The molecule has 1 unspecified atom stereocenters. The molecule has 0 aromatic rings. The van der Waals surface area contributed by atoms with E-state index < -0.39 is 6.10 Å². The van der Waals surface area contributed by atoms with Crippen molar-refractivity contribution in [1.29, 1.82) is 0 Å². The van der Waals surface area contributed by atoms with Gasteiger partial charge in [-0.15, -0.1) is 0 Å². The molecule has 0 aliphatic heterocycles. The number of allylic oxidation sites excluding steroid dienone is 24. The minimum atomic E-state index is -0.812. The summed E-state index contributed by atoms with van der Waals surface area (Å²) < 4.78 is 16.7. The van der Waals surface area contributed by atoms with Crippen LogP contribution >= 0.6 is 0 Å². The Bertz CT molecular complexity index is 1540. The summed E-state index contributed by atoms with van der Waals surface area (Å²) in [5.41, 5.74) is 0. The predicted molar refractivity (Wildman–Crippen MR) is 292 cm³/mol. The molecule has 0 saturated carbocycles. The van der Waals surface area contributed by atoms with Gasteiger partial charge in [-0.2, -0.15) is 0 Å². The van der Waals surface area contributed by atoms with Gasteiger partial charge in [0.1, 0.15) is 13.2 Å². The van der Waals surface area contributed by atoms with Crippen LogP contribution in [-0.2, 0) is 28.6 Å². The highest BCUT2D eigenvalue weighted by atomic mass is 16.6. The van der Waals surface area contributed by atoms with Crippen molar-refractivity contribution in [2.75, 3.05) is 13.2 Å². The molecule has 0 radical (unpaired) electrons. The molecular weight excluding hydrogens is 841 g/mol. The second kappa shape index (κ2) is 54.9. The zero-order valence-electron chi connectivity index (χ0n) is 43.3. The lowest BCUT2D eigenvalue weighted by Gasteiger charge is -2.18. The number of esters is 3. The molecule has 0 aromatic carbocycles. The minimum Gasteiger partial charge on any atom is -0.462 e. The van der Waals surface area contributed by atoms with Crippen molar-refractivity contribution in [3.63, 3.8) is 0 Å². The number of rotatable bonds is 46. The van der Waals surface area contributed by atoms with E-state index in [1.54, 1.807) is 0 Å². The first-order valence-electron chi connectivity index (χ1n) is 26.8. The van der Waals surface area contributed by atoms with Gasteiger partial charge in [-0.05, 0) is 122 Å². The van der Waals surface area contributed by atoms with E-state index >= 15 is 0 Å². The highest BCUT2D eigenvalue weighted by Gasteiger charge is 2.19. The molecule has 0 heterocycles. The van der Waals surface area contributed by atoms with Gasteiger partial charge in [0.05, 0.1) is 0 Å². The first-order chi connectivity index (χ1) is 33.5. The quantitative estimate of drug-likeness (QED) is 0.0262. The maximum Gasteiger partial charge on any atom is 0.306 e. The van der Waals surface area contributed by atoms with Crippen molar-refractivity contribution in [3.05, 3.63) is 146 Å². The molecule has 0 amide bonds. The smallest absolute Gasteiger partial charge is 0.306 e. The van der Waals surface area contributed by atoms with E-state index in [2.05, 4.69) is 167 Å². The molecule has 0 bridgehead atoms. The number of carbonyl (C=O) groups is 3. The average molecular weight is 937 g/mol. The SMILES string of the molecule is CC/C=C\C/C=C\C/C=C\C/C=C\C/C=C\C/C=C\C/C=C\CCCCCC(=O)OCC(COC(=O)CCCCCCCC)OC(=O)CCCCC/C=C\C/C=C\C/C=C\C/C=C\C/C=C\CC. The highest BCUT2D eigenvalue weighted by molar-refractivity contribution is 5.71. The minimum absolute atomic E-state index is 0.108. The van der Waals surface area contributed by atoms with Crippen LogP contribution in [0.2, 0.25) is 0 Å². The topological polar surface area (TPSA) is 78.9 Å². The van der Waals surface area contributed by atoms with Gasteiger partial charge in [0, 0.05) is 19.3 Å². The summed E-state index contributed by atoms with van der Waals surface area (Å²) in [6, 6.07) is 0. The van der Waals surface area contributed by atoms with Crippen LogP contribution in [0.3, 0.4) is 0 Å². The van der Waals surface area contributed by atoms with E-state index in [4.69, 9.17) is 14.2 Å². The van der Waals surface area contributed by atoms with Crippen molar-refractivity contribution in [2.45, 2.75) is 213 Å². The number of carbonyl (C=O) groups excluding carboxylic acids is 3. The van der Waals surface area contributed by atoms with Crippen LogP contribution in [0.4, 0.5) is 0 Å². The number of hydrogen-bond donors (Lipinski definition) is 0. The summed E-state index contributed by atoms with van der Waals surface area (Å²) >= 11 is 0. The van der Waals surface area contributed by atoms with Crippen LogP contribution in [0.5, 0.6) is 0 Å². The Morgan fingerprint density at radius 1 is 0.309 bits per heavy atom. The lowest BCUT2D eigenvalue weighted by Crippen LogP contribution is -2.30. The van der Waals surface area contributed by atoms with Gasteiger partial charge in [0.15, 0.2) is 6.10 Å². The molecule has 1 atom stereocenters. The Morgan fingerprint density at radius 2 is 0.574 bits per heavy atom. The van der Waals surface area contributed by atoms with Crippen molar-refractivity contribution in [3.8, 4) is 0 Å². The van der Waals surface area contributed by atoms with Gasteiger partial charge in [-0.1, -0.05) is 212 Å². The fraction of sp³-hybridized carbons (Fsp3) is 0.565. The lowest BCUT2D eigenvalue weighted by molar-refractivity contribution is -0.167. The molecule has 0 aromatic heterocycles. The molecule has 0 aliphatic rings. The molecule has 68 heavy (non-hydrogen) atoms. The summed E-state index contributed by atoms with van der Waals surface area (Å²) in [6.45, 7) is 6.27. The van der Waals surface area contributed by atoms with Gasteiger partial charge in [-0.3, -0.25) is 14.4 Å².